The number of rotatable bonds is 3. The van der Waals surface area contributed by atoms with Crippen LogP contribution in [0.25, 0.3) is 28.0 Å². The van der Waals surface area contributed by atoms with Gasteiger partial charge in [-0.3, -0.25) is 0 Å². The minimum Gasteiger partial charge on any atom is -0.497 e. The van der Waals surface area contributed by atoms with Crippen LogP contribution in [0.5, 0.6) is 23.0 Å². The lowest BCUT2D eigenvalue weighted by molar-refractivity contribution is -0.132. The quantitative estimate of drug-likeness (QED) is 0.211. The van der Waals surface area contributed by atoms with Crippen LogP contribution in [0.2, 0.25) is 0 Å². The van der Waals surface area contributed by atoms with Gasteiger partial charge in [0.2, 0.25) is 0 Å². The molecule has 5 nitrogen and oxygen atoms in total. The molecule has 0 amide bonds. The van der Waals surface area contributed by atoms with Crippen LogP contribution >= 0.6 is 0 Å². The Bertz CT molecular complexity index is 2170. The lowest BCUT2D eigenvalue weighted by atomic mass is 9.52. The summed E-state index contributed by atoms with van der Waals surface area (Å²) in [6.07, 6.45) is 7.80. The van der Waals surface area contributed by atoms with Crippen molar-refractivity contribution in [3.05, 3.63) is 124 Å². The molecular formula is C44H42O5. The molecule has 9 rings (SSSR count). The van der Waals surface area contributed by atoms with Crippen LogP contribution in [0, 0.1) is 17.8 Å². The Balaban J connectivity index is 1.39. The highest BCUT2D eigenvalue weighted by atomic mass is 16.8. The van der Waals surface area contributed by atoms with E-state index in [1.54, 1.807) is 7.11 Å². The van der Waals surface area contributed by atoms with E-state index in [2.05, 4.69) is 114 Å². The van der Waals surface area contributed by atoms with Gasteiger partial charge in [-0.1, -0.05) is 100.0 Å². The van der Waals surface area contributed by atoms with Crippen molar-refractivity contribution in [2.75, 3.05) is 7.11 Å². The number of hydrogen-bond acceptors (Lipinski definition) is 5. The van der Waals surface area contributed by atoms with E-state index in [0.717, 1.165) is 58.2 Å². The number of fused-ring (bicyclic) bond motifs is 11. The molecule has 2 heterocycles. The minimum atomic E-state index is -1.35. The molecule has 0 radical (unpaired) electrons. The maximum atomic E-state index is 10.4. The summed E-state index contributed by atoms with van der Waals surface area (Å²) in [5.41, 5.74) is 8.65. The van der Waals surface area contributed by atoms with Gasteiger partial charge in [-0.15, -0.1) is 0 Å². The van der Waals surface area contributed by atoms with Gasteiger partial charge in [-0.2, -0.15) is 0 Å². The summed E-state index contributed by atoms with van der Waals surface area (Å²) < 4.78 is 24.7. The molecule has 0 saturated heterocycles. The Kier molecular flexibility index (Phi) is 6.28. The van der Waals surface area contributed by atoms with Crippen molar-refractivity contribution in [3.63, 3.8) is 0 Å². The lowest BCUT2D eigenvalue weighted by Crippen LogP contribution is -2.44. The molecule has 49 heavy (non-hydrogen) atoms. The molecule has 5 aromatic carbocycles. The average molecular weight is 651 g/mol. The number of aliphatic hydroxyl groups excluding tert-OH is 1. The molecule has 1 spiro atoms. The van der Waals surface area contributed by atoms with Crippen LogP contribution in [0.4, 0.5) is 0 Å². The smallest absolute Gasteiger partial charge is 0.358 e. The second-order valence-corrected chi connectivity index (χ2v) is 16.1. The fourth-order valence-electron chi connectivity index (χ4n) is 10.2. The van der Waals surface area contributed by atoms with E-state index in [9.17, 15) is 5.11 Å². The first-order valence-electron chi connectivity index (χ1n) is 17.3. The predicted molar refractivity (Wildman–Crippen MR) is 193 cm³/mol. The maximum Gasteiger partial charge on any atom is 0.358 e. The van der Waals surface area contributed by atoms with E-state index in [1.165, 1.54) is 27.8 Å². The third-order valence-electron chi connectivity index (χ3n) is 11.3. The predicted octanol–water partition coefficient (Wildman–Crippen LogP) is 10.1. The van der Waals surface area contributed by atoms with Gasteiger partial charge in [0.05, 0.1) is 7.11 Å². The summed E-state index contributed by atoms with van der Waals surface area (Å²) in [6.45, 7) is 10.5. The molecular weight excluding hydrogens is 608 g/mol. The average Bonchev–Trinajstić information content (AvgIpc) is 3.56. The van der Waals surface area contributed by atoms with Crippen LogP contribution in [0.1, 0.15) is 80.3 Å². The van der Waals surface area contributed by atoms with Crippen LogP contribution in [-0.2, 0) is 11.0 Å². The largest absolute Gasteiger partial charge is 0.497 e. The molecule has 0 bridgehead atoms. The second kappa shape index (κ2) is 10.1. The summed E-state index contributed by atoms with van der Waals surface area (Å²) in [7, 11) is 1.69. The van der Waals surface area contributed by atoms with Crippen LogP contribution in [0.3, 0.4) is 0 Å². The number of hydrogen-bond donors (Lipinski definition) is 1. The zero-order valence-corrected chi connectivity index (χ0v) is 29.0. The number of aryl methyl sites for hydroxylation is 1. The Morgan fingerprint density at radius 3 is 2.02 bits per heavy atom. The van der Waals surface area contributed by atoms with Gasteiger partial charge >= 0.3 is 6.48 Å². The molecule has 2 aliphatic heterocycles. The second-order valence-electron chi connectivity index (χ2n) is 16.1. The number of aliphatic hydroxyl groups is 1. The SMILES string of the molecule is COc1ccc(C2(c3ccc(C)cc3)C=Cc3c4c(c5cc6c(cc5c3O2)OC(O)O6)-c2ccccc2C42CC(C)(C)CC(C)(C)C2)cc1. The Labute approximate surface area is 288 Å². The Hall–Kier alpha value is -4.74. The highest BCUT2D eigenvalue weighted by Crippen LogP contribution is 2.67. The monoisotopic (exact) mass is 650 g/mol. The van der Waals surface area contributed by atoms with Crippen LogP contribution < -0.4 is 18.9 Å². The maximum absolute atomic E-state index is 10.4. The van der Waals surface area contributed by atoms with Crippen molar-refractivity contribution in [3.8, 4) is 34.1 Å². The molecule has 5 aromatic rings. The summed E-state index contributed by atoms with van der Waals surface area (Å²) in [5.74, 6) is 2.65. The Morgan fingerprint density at radius 2 is 1.37 bits per heavy atom. The summed E-state index contributed by atoms with van der Waals surface area (Å²) >= 11 is 0. The van der Waals surface area contributed by atoms with Gasteiger partial charge in [0.15, 0.2) is 17.1 Å². The van der Waals surface area contributed by atoms with E-state index < -0.39 is 12.1 Å². The normalized spacial score (nSPS) is 23.1. The summed E-state index contributed by atoms with van der Waals surface area (Å²) in [4.78, 5) is 0. The zero-order chi connectivity index (χ0) is 33.9. The number of ether oxygens (including phenoxy) is 4. The molecule has 5 heteroatoms. The van der Waals surface area contributed by atoms with E-state index in [4.69, 9.17) is 18.9 Å². The molecule has 0 aromatic heterocycles. The van der Waals surface area contributed by atoms with Crippen molar-refractivity contribution >= 4 is 16.8 Å². The molecule has 1 N–H and O–H groups in total. The Morgan fingerprint density at radius 1 is 0.755 bits per heavy atom. The van der Waals surface area contributed by atoms with Gasteiger partial charge in [0, 0.05) is 27.5 Å². The van der Waals surface area contributed by atoms with E-state index >= 15 is 0 Å². The standard InChI is InChI=1S/C44H42O5/c1-26-11-13-27(14-12-26)44(28-15-17-29(46-6)18-16-28)20-19-31-38-37(32-21-35-36(48-40(45)47-35)22-33(32)39(31)49-44)30-9-7-8-10-34(30)43(38)24-41(2,3)23-42(4,5)25-43/h7-22,40,45H,23-25H2,1-6H3. The van der Waals surface area contributed by atoms with Crippen molar-refractivity contribution in [1.29, 1.82) is 0 Å². The van der Waals surface area contributed by atoms with Crippen molar-refractivity contribution in [2.24, 2.45) is 10.8 Å². The van der Waals surface area contributed by atoms with Crippen molar-refractivity contribution in [2.45, 2.75) is 71.4 Å². The fourth-order valence-corrected chi connectivity index (χ4v) is 10.2. The first-order valence-corrected chi connectivity index (χ1v) is 17.3. The lowest BCUT2D eigenvalue weighted by Gasteiger charge is -2.52. The zero-order valence-electron chi connectivity index (χ0n) is 29.0. The third-order valence-corrected chi connectivity index (χ3v) is 11.3. The molecule has 1 saturated carbocycles. The highest BCUT2D eigenvalue weighted by Gasteiger charge is 2.55. The molecule has 248 valence electrons. The molecule has 4 aliphatic rings. The number of benzene rings is 5. The highest BCUT2D eigenvalue weighted by molar-refractivity contribution is 6.09. The fraction of sp³-hybridized carbons (Fsp3) is 0.318. The molecule has 2 unspecified atom stereocenters. The van der Waals surface area contributed by atoms with Gasteiger partial charge in [-0.05, 0) is 95.0 Å². The first-order chi connectivity index (χ1) is 23.4. The van der Waals surface area contributed by atoms with Crippen molar-refractivity contribution < 1.29 is 24.1 Å². The number of methoxy groups -OCH3 is 1. The minimum absolute atomic E-state index is 0.116. The topological polar surface area (TPSA) is 57.2 Å². The molecule has 1 fully saturated rings. The summed E-state index contributed by atoms with van der Waals surface area (Å²) in [6, 6.07) is 29.8. The van der Waals surface area contributed by atoms with E-state index in [-0.39, 0.29) is 16.2 Å². The van der Waals surface area contributed by atoms with Crippen molar-refractivity contribution in [1.82, 2.24) is 0 Å². The van der Waals surface area contributed by atoms with Crippen LogP contribution in [-0.4, -0.2) is 18.7 Å². The molecule has 2 aliphatic carbocycles. The van der Waals surface area contributed by atoms with Crippen LogP contribution in [0.15, 0.2) is 91.0 Å². The van der Waals surface area contributed by atoms with E-state index in [0.29, 0.717) is 11.5 Å². The van der Waals surface area contributed by atoms with Gasteiger partial charge in [-0.25, -0.2) is 0 Å². The van der Waals surface area contributed by atoms with Gasteiger partial charge < -0.3 is 24.1 Å². The van der Waals surface area contributed by atoms with E-state index in [1.807, 2.05) is 18.2 Å². The first kappa shape index (κ1) is 30.3. The summed E-state index contributed by atoms with van der Waals surface area (Å²) in [5, 5.41) is 12.4. The third kappa shape index (κ3) is 4.41. The van der Waals surface area contributed by atoms with Gasteiger partial charge in [0.25, 0.3) is 0 Å². The molecule has 2 atom stereocenters. The van der Waals surface area contributed by atoms with Gasteiger partial charge in [0.1, 0.15) is 11.5 Å².